The molecule has 0 heterocycles. The molecule has 3 heteroatoms. The van der Waals surface area contributed by atoms with Crippen molar-refractivity contribution in [3.8, 4) is 0 Å². The fraction of sp³-hybridized carbons (Fsp3) is 0.400. The second-order valence-corrected chi connectivity index (χ2v) is 4.71. The minimum Gasteiger partial charge on any atom is -0.391 e. The molecule has 2 N–H and O–H groups in total. The zero-order chi connectivity index (χ0) is 12.8. The molecule has 1 aliphatic rings. The highest BCUT2D eigenvalue weighted by Crippen LogP contribution is 2.18. The minimum atomic E-state index is -0.396. The van der Waals surface area contributed by atoms with E-state index >= 15 is 0 Å². The van der Waals surface area contributed by atoms with Crippen molar-refractivity contribution in [2.75, 3.05) is 0 Å². The molecule has 2 rings (SSSR count). The quantitative estimate of drug-likeness (QED) is 0.801. The van der Waals surface area contributed by atoms with Gasteiger partial charge in [0.2, 0.25) is 5.91 Å². The molecule has 1 aromatic rings. The number of carbonyl (C=O) groups is 1. The van der Waals surface area contributed by atoms with Crippen molar-refractivity contribution < 1.29 is 9.90 Å². The molecule has 1 fully saturated rings. The maximum atomic E-state index is 11.7. The summed E-state index contributed by atoms with van der Waals surface area (Å²) in [4.78, 5) is 11.7. The van der Waals surface area contributed by atoms with Crippen LogP contribution in [0.25, 0.3) is 6.08 Å². The van der Waals surface area contributed by atoms with Crippen LogP contribution >= 0.6 is 0 Å². The average Bonchev–Trinajstić information content (AvgIpc) is 2.40. The number of aliphatic hydroxyl groups excluding tert-OH is 1. The molecule has 1 amide bonds. The van der Waals surface area contributed by atoms with Gasteiger partial charge in [0.1, 0.15) is 0 Å². The number of benzene rings is 1. The fourth-order valence-corrected chi connectivity index (χ4v) is 2.25. The van der Waals surface area contributed by atoms with Gasteiger partial charge in [-0.05, 0) is 24.5 Å². The van der Waals surface area contributed by atoms with Crippen LogP contribution in [0.2, 0.25) is 0 Å². The highest BCUT2D eigenvalue weighted by Gasteiger charge is 2.23. The third-order valence-electron chi connectivity index (χ3n) is 3.28. The number of nitrogens with one attached hydrogen (secondary N) is 1. The largest absolute Gasteiger partial charge is 0.391 e. The van der Waals surface area contributed by atoms with Gasteiger partial charge in [-0.2, -0.15) is 0 Å². The van der Waals surface area contributed by atoms with Crippen molar-refractivity contribution in [2.45, 2.75) is 37.8 Å². The summed E-state index contributed by atoms with van der Waals surface area (Å²) in [6, 6.07) is 9.60. The summed E-state index contributed by atoms with van der Waals surface area (Å²) in [5.41, 5.74) is 0.997. The molecule has 0 unspecified atom stereocenters. The van der Waals surface area contributed by atoms with Crippen LogP contribution in [0.4, 0.5) is 0 Å². The Bertz CT molecular complexity index is 414. The Morgan fingerprint density at radius 1 is 1.22 bits per heavy atom. The molecule has 0 aromatic heterocycles. The molecule has 1 aliphatic carbocycles. The molecule has 96 valence electrons. The van der Waals surface area contributed by atoms with Crippen LogP contribution in [-0.2, 0) is 4.79 Å². The second kappa shape index (κ2) is 6.36. The van der Waals surface area contributed by atoms with E-state index in [9.17, 15) is 9.90 Å². The second-order valence-electron chi connectivity index (χ2n) is 4.71. The number of hydrogen-bond donors (Lipinski definition) is 2. The molecule has 18 heavy (non-hydrogen) atoms. The normalized spacial score (nSPS) is 24.1. The Kier molecular flexibility index (Phi) is 4.53. The Hall–Kier alpha value is -1.61. The van der Waals surface area contributed by atoms with Gasteiger partial charge in [-0.25, -0.2) is 0 Å². The van der Waals surface area contributed by atoms with Crippen molar-refractivity contribution in [1.29, 1.82) is 0 Å². The van der Waals surface area contributed by atoms with Crippen LogP contribution in [0.5, 0.6) is 0 Å². The maximum absolute atomic E-state index is 11.7. The van der Waals surface area contributed by atoms with Crippen LogP contribution in [0, 0.1) is 0 Å². The number of carbonyl (C=O) groups excluding carboxylic acids is 1. The lowest BCUT2D eigenvalue weighted by atomic mass is 9.92. The Morgan fingerprint density at radius 3 is 2.67 bits per heavy atom. The van der Waals surface area contributed by atoms with Crippen molar-refractivity contribution >= 4 is 12.0 Å². The Balaban J connectivity index is 1.86. The van der Waals surface area contributed by atoms with Crippen molar-refractivity contribution in [3.05, 3.63) is 42.0 Å². The van der Waals surface area contributed by atoms with Gasteiger partial charge in [0.05, 0.1) is 12.1 Å². The number of amides is 1. The summed E-state index contributed by atoms with van der Waals surface area (Å²) >= 11 is 0. The standard InChI is InChI=1S/C15H19NO2/c17-14-9-5-4-8-13(14)16-15(18)11-10-12-6-2-1-3-7-12/h1-3,6-7,10-11,13-14,17H,4-5,8-9H2,(H,16,18)/b11-10+/t13-,14-/m1/s1. The van der Waals surface area contributed by atoms with E-state index in [0.717, 1.165) is 31.2 Å². The molecule has 0 saturated heterocycles. The van der Waals surface area contributed by atoms with Gasteiger partial charge in [-0.3, -0.25) is 4.79 Å². The van der Waals surface area contributed by atoms with Crippen LogP contribution in [-0.4, -0.2) is 23.2 Å². The summed E-state index contributed by atoms with van der Waals surface area (Å²) in [5, 5.41) is 12.6. The predicted octanol–water partition coefficient (Wildman–Crippen LogP) is 2.12. The topological polar surface area (TPSA) is 49.3 Å². The van der Waals surface area contributed by atoms with Crippen molar-refractivity contribution in [2.24, 2.45) is 0 Å². The lowest BCUT2D eigenvalue weighted by molar-refractivity contribution is -0.118. The maximum Gasteiger partial charge on any atom is 0.244 e. The lowest BCUT2D eigenvalue weighted by Gasteiger charge is -2.27. The summed E-state index contributed by atoms with van der Waals surface area (Å²) < 4.78 is 0. The van der Waals surface area contributed by atoms with Gasteiger partial charge in [0.25, 0.3) is 0 Å². The van der Waals surface area contributed by atoms with Gasteiger partial charge in [-0.15, -0.1) is 0 Å². The van der Waals surface area contributed by atoms with Crippen LogP contribution in [0.3, 0.4) is 0 Å². The van der Waals surface area contributed by atoms with Crippen molar-refractivity contribution in [1.82, 2.24) is 5.32 Å². The van der Waals surface area contributed by atoms with Gasteiger partial charge in [0, 0.05) is 6.08 Å². The molecule has 0 spiro atoms. The van der Waals surface area contributed by atoms with Gasteiger partial charge in [0.15, 0.2) is 0 Å². The summed E-state index contributed by atoms with van der Waals surface area (Å²) in [5.74, 6) is -0.134. The third kappa shape index (κ3) is 3.70. The van der Waals surface area contributed by atoms with E-state index in [1.54, 1.807) is 6.08 Å². The molecule has 1 aromatic carbocycles. The molecule has 0 radical (unpaired) electrons. The third-order valence-corrected chi connectivity index (χ3v) is 3.28. The highest BCUT2D eigenvalue weighted by atomic mass is 16.3. The first-order chi connectivity index (χ1) is 8.75. The molecule has 1 saturated carbocycles. The highest BCUT2D eigenvalue weighted by molar-refractivity contribution is 5.91. The smallest absolute Gasteiger partial charge is 0.244 e. The van der Waals surface area contributed by atoms with E-state index < -0.39 is 6.10 Å². The van der Waals surface area contributed by atoms with Gasteiger partial charge >= 0.3 is 0 Å². The lowest BCUT2D eigenvalue weighted by Crippen LogP contribution is -2.44. The Morgan fingerprint density at radius 2 is 1.94 bits per heavy atom. The average molecular weight is 245 g/mol. The van der Waals surface area contributed by atoms with E-state index in [0.29, 0.717) is 0 Å². The molecule has 2 atom stereocenters. The Labute approximate surface area is 108 Å². The minimum absolute atomic E-state index is 0.0910. The molecule has 0 aliphatic heterocycles. The fourth-order valence-electron chi connectivity index (χ4n) is 2.25. The van der Waals surface area contributed by atoms with Crippen LogP contribution in [0.15, 0.2) is 36.4 Å². The van der Waals surface area contributed by atoms with Crippen LogP contribution in [0.1, 0.15) is 31.2 Å². The zero-order valence-corrected chi connectivity index (χ0v) is 10.4. The van der Waals surface area contributed by atoms with E-state index in [1.165, 1.54) is 6.08 Å². The van der Waals surface area contributed by atoms with E-state index in [-0.39, 0.29) is 11.9 Å². The van der Waals surface area contributed by atoms with Crippen LogP contribution < -0.4 is 5.32 Å². The monoisotopic (exact) mass is 245 g/mol. The predicted molar refractivity (Wildman–Crippen MR) is 71.9 cm³/mol. The van der Waals surface area contributed by atoms with Gasteiger partial charge in [-0.1, -0.05) is 43.2 Å². The summed E-state index contributed by atoms with van der Waals surface area (Å²) in [6.07, 6.45) is 6.69. The first-order valence-electron chi connectivity index (χ1n) is 6.47. The van der Waals surface area contributed by atoms with Crippen molar-refractivity contribution in [3.63, 3.8) is 0 Å². The van der Waals surface area contributed by atoms with Gasteiger partial charge < -0.3 is 10.4 Å². The SMILES string of the molecule is O=C(/C=C/c1ccccc1)N[C@@H]1CCCC[C@H]1O. The van der Waals surface area contributed by atoms with E-state index in [2.05, 4.69) is 5.32 Å². The summed E-state index contributed by atoms with van der Waals surface area (Å²) in [7, 11) is 0. The first kappa shape index (κ1) is 12.8. The molecule has 3 nitrogen and oxygen atoms in total. The van der Waals surface area contributed by atoms with E-state index in [4.69, 9.17) is 0 Å². The zero-order valence-electron chi connectivity index (χ0n) is 10.4. The molecule has 0 bridgehead atoms. The molecular weight excluding hydrogens is 226 g/mol. The first-order valence-corrected chi connectivity index (χ1v) is 6.47. The number of aliphatic hydroxyl groups is 1. The molecular formula is C15H19NO2. The number of rotatable bonds is 3. The number of hydrogen-bond acceptors (Lipinski definition) is 2. The van der Waals surface area contributed by atoms with E-state index in [1.807, 2.05) is 30.3 Å². The summed E-state index contributed by atoms with van der Waals surface area (Å²) in [6.45, 7) is 0.